The van der Waals surface area contributed by atoms with Gasteiger partial charge in [0, 0.05) is 19.3 Å². The number of hydrogen-bond donors (Lipinski definition) is 1. The second-order valence-corrected chi connectivity index (χ2v) is 4.89. The molecule has 19 heavy (non-hydrogen) atoms. The molecular formula is C16H19FN2. The van der Waals surface area contributed by atoms with Crippen molar-refractivity contribution in [1.82, 2.24) is 0 Å². The lowest BCUT2D eigenvalue weighted by Gasteiger charge is -2.21. The third-order valence-corrected chi connectivity index (χ3v) is 3.20. The molecule has 3 heteroatoms. The van der Waals surface area contributed by atoms with Crippen molar-refractivity contribution in [2.75, 3.05) is 11.9 Å². The SMILES string of the molecule is Cc1cc(C)cc(N(C)c2ccc(CN)cc2F)c1. The third-order valence-electron chi connectivity index (χ3n) is 3.20. The largest absolute Gasteiger partial charge is 0.342 e. The zero-order valence-corrected chi connectivity index (χ0v) is 11.6. The van der Waals surface area contributed by atoms with Gasteiger partial charge in [-0.1, -0.05) is 12.1 Å². The van der Waals surface area contributed by atoms with Gasteiger partial charge in [-0.15, -0.1) is 0 Å². The summed E-state index contributed by atoms with van der Waals surface area (Å²) in [6.07, 6.45) is 0. The molecule has 0 saturated carbocycles. The van der Waals surface area contributed by atoms with Crippen LogP contribution in [0, 0.1) is 19.7 Å². The van der Waals surface area contributed by atoms with Crippen LogP contribution in [-0.2, 0) is 6.54 Å². The van der Waals surface area contributed by atoms with E-state index in [1.54, 1.807) is 6.07 Å². The zero-order valence-electron chi connectivity index (χ0n) is 11.6. The topological polar surface area (TPSA) is 29.3 Å². The molecule has 0 fully saturated rings. The maximum Gasteiger partial charge on any atom is 0.147 e. The summed E-state index contributed by atoms with van der Waals surface area (Å²) < 4.78 is 14.1. The summed E-state index contributed by atoms with van der Waals surface area (Å²) in [7, 11) is 1.87. The average molecular weight is 258 g/mol. The number of hydrogen-bond acceptors (Lipinski definition) is 2. The van der Waals surface area contributed by atoms with Crippen molar-refractivity contribution in [2.24, 2.45) is 5.73 Å². The lowest BCUT2D eigenvalue weighted by Crippen LogP contribution is -2.12. The zero-order chi connectivity index (χ0) is 14.0. The highest BCUT2D eigenvalue weighted by Gasteiger charge is 2.10. The van der Waals surface area contributed by atoms with Gasteiger partial charge < -0.3 is 10.6 Å². The van der Waals surface area contributed by atoms with Gasteiger partial charge in [0.2, 0.25) is 0 Å². The highest BCUT2D eigenvalue weighted by Crippen LogP contribution is 2.28. The maximum absolute atomic E-state index is 14.1. The predicted octanol–water partition coefficient (Wildman–Crippen LogP) is 3.67. The first-order valence-corrected chi connectivity index (χ1v) is 6.32. The number of aryl methyl sites for hydroxylation is 2. The van der Waals surface area contributed by atoms with E-state index >= 15 is 0 Å². The van der Waals surface area contributed by atoms with E-state index in [2.05, 4.69) is 6.07 Å². The fourth-order valence-corrected chi connectivity index (χ4v) is 2.23. The normalized spacial score (nSPS) is 10.6. The molecule has 0 aliphatic rings. The van der Waals surface area contributed by atoms with Crippen LogP contribution in [-0.4, -0.2) is 7.05 Å². The highest BCUT2D eigenvalue weighted by atomic mass is 19.1. The molecule has 2 nitrogen and oxygen atoms in total. The maximum atomic E-state index is 14.1. The summed E-state index contributed by atoms with van der Waals surface area (Å²) in [4.78, 5) is 1.86. The third kappa shape index (κ3) is 2.93. The van der Waals surface area contributed by atoms with Crippen molar-refractivity contribution < 1.29 is 4.39 Å². The van der Waals surface area contributed by atoms with Gasteiger partial charge in [0.1, 0.15) is 5.82 Å². The minimum Gasteiger partial charge on any atom is -0.342 e. The van der Waals surface area contributed by atoms with Gasteiger partial charge in [-0.25, -0.2) is 4.39 Å². The van der Waals surface area contributed by atoms with E-state index < -0.39 is 0 Å². The number of halogens is 1. The van der Waals surface area contributed by atoms with Crippen LogP contribution < -0.4 is 10.6 Å². The van der Waals surface area contributed by atoms with Crippen LogP contribution in [0.25, 0.3) is 0 Å². The second-order valence-electron chi connectivity index (χ2n) is 4.89. The molecular weight excluding hydrogens is 239 g/mol. The molecule has 0 aliphatic carbocycles. The molecule has 0 aromatic heterocycles. The predicted molar refractivity (Wildman–Crippen MR) is 78.3 cm³/mol. The smallest absolute Gasteiger partial charge is 0.147 e. The number of benzene rings is 2. The van der Waals surface area contributed by atoms with Crippen LogP contribution in [0.2, 0.25) is 0 Å². The second kappa shape index (κ2) is 5.41. The fourth-order valence-electron chi connectivity index (χ4n) is 2.23. The Kier molecular flexibility index (Phi) is 3.86. The molecule has 2 aromatic carbocycles. The summed E-state index contributed by atoms with van der Waals surface area (Å²) in [5.41, 5.74) is 10.2. The summed E-state index contributed by atoms with van der Waals surface area (Å²) in [5, 5.41) is 0. The Morgan fingerprint density at radius 3 is 2.21 bits per heavy atom. The first-order chi connectivity index (χ1) is 9.01. The van der Waals surface area contributed by atoms with E-state index in [0.717, 1.165) is 11.3 Å². The Morgan fingerprint density at radius 1 is 1.05 bits per heavy atom. The van der Waals surface area contributed by atoms with Crippen molar-refractivity contribution in [3.63, 3.8) is 0 Å². The molecule has 0 bridgehead atoms. The molecule has 2 N–H and O–H groups in total. The standard InChI is InChI=1S/C16H19FN2/c1-11-6-12(2)8-14(7-11)19(3)16-5-4-13(10-18)9-15(16)17/h4-9H,10,18H2,1-3H3. The Labute approximate surface area is 113 Å². The minimum atomic E-state index is -0.246. The van der Waals surface area contributed by atoms with Crippen LogP contribution in [0.5, 0.6) is 0 Å². The molecule has 100 valence electrons. The lowest BCUT2D eigenvalue weighted by atomic mass is 10.1. The highest BCUT2D eigenvalue weighted by molar-refractivity contribution is 5.64. The number of rotatable bonds is 3. The van der Waals surface area contributed by atoms with Gasteiger partial charge in [0.05, 0.1) is 5.69 Å². The van der Waals surface area contributed by atoms with E-state index in [1.165, 1.54) is 17.2 Å². The van der Waals surface area contributed by atoms with Gasteiger partial charge in [-0.05, 0) is 54.8 Å². The van der Waals surface area contributed by atoms with Crippen LogP contribution in [0.15, 0.2) is 36.4 Å². The summed E-state index contributed by atoms with van der Waals surface area (Å²) in [6.45, 7) is 4.43. The monoisotopic (exact) mass is 258 g/mol. The minimum absolute atomic E-state index is 0.246. The number of anilines is 2. The molecule has 2 rings (SSSR count). The first kappa shape index (κ1) is 13.6. The van der Waals surface area contributed by atoms with Crippen LogP contribution in [0.4, 0.5) is 15.8 Å². The number of nitrogens with two attached hydrogens (primary N) is 1. The summed E-state index contributed by atoms with van der Waals surface area (Å²) in [5.74, 6) is -0.246. The molecule has 0 spiro atoms. The van der Waals surface area contributed by atoms with Gasteiger partial charge in [-0.2, -0.15) is 0 Å². The van der Waals surface area contributed by atoms with E-state index in [9.17, 15) is 4.39 Å². The Hall–Kier alpha value is -1.87. The molecule has 0 saturated heterocycles. The van der Waals surface area contributed by atoms with Crippen molar-refractivity contribution in [3.8, 4) is 0 Å². The molecule has 0 unspecified atom stereocenters. The van der Waals surface area contributed by atoms with Crippen LogP contribution in [0.3, 0.4) is 0 Å². The quantitative estimate of drug-likeness (QED) is 0.910. The molecule has 0 radical (unpaired) electrons. The van der Waals surface area contributed by atoms with E-state index in [4.69, 9.17) is 5.73 Å². The fraction of sp³-hybridized carbons (Fsp3) is 0.250. The summed E-state index contributed by atoms with van der Waals surface area (Å²) >= 11 is 0. The van der Waals surface area contributed by atoms with Gasteiger partial charge >= 0.3 is 0 Å². The van der Waals surface area contributed by atoms with Crippen molar-refractivity contribution in [1.29, 1.82) is 0 Å². The van der Waals surface area contributed by atoms with E-state index in [1.807, 2.05) is 44.0 Å². The summed E-state index contributed by atoms with van der Waals surface area (Å²) in [6, 6.07) is 11.3. The first-order valence-electron chi connectivity index (χ1n) is 6.32. The van der Waals surface area contributed by atoms with E-state index in [0.29, 0.717) is 12.2 Å². The van der Waals surface area contributed by atoms with Gasteiger partial charge in [0.25, 0.3) is 0 Å². The number of nitrogens with zero attached hydrogens (tertiary/aromatic N) is 1. The Morgan fingerprint density at radius 2 is 1.68 bits per heavy atom. The average Bonchev–Trinajstić information content (AvgIpc) is 2.36. The van der Waals surface area contributed by atoms with Gasteiger partial charge in [0.15, 0.2) is 0 Å². The molecule has 0 aliphatic heterocycles. The van der Waals surface area contributed by atoms with Crippen molar-refractivity contribution >= 4 is 11.4 Å². The van der Waals surface area contributed by atoms with Crippen LogP contribution >= 0.6 is 0 Å². The Bertz CT molecular complexity index is 573. The lowest BCUT2D eigenvalue weighted by molar-refractivity contribution is 0.625. The van der Waals surface area contributed by atoms with E-state index in [-0.39, 0.29) is 5.82 Å². The molecule has 2 aromatic rings. The van der Waals surface area contributed by atoms with Crippen molar-refractivity contribution in [2.45, 2.75) is 20.4 Å². The molecule has 0 atom stereocenters. The molecule has 0 amide bonds. The van der Waals surface area contributed by atoms with Crippen LogP contribution in [0.1, 0.15) is 16.7 Å². The van der Waals surface area contributed by atoms with Gasteiger partial charge in [-0.3, -0.25) is 0 Å². The van der Waals surface area contributed by atoms with Crippen molar-refractivity contribution in [3.05, 3.63) is 58.9 Å². The Balaban J connectivity index is 2.40. The molecule has 0 heterocycles.